The number of hydrogen-bond donors (Lipinski definition) is 2. The van der Waals surface area contributed by atoms with Gasteiger partial charge < -0.3 is 30.0 Å². The number of carboxylic acid groups (broad SMARTS) is 1. The van der Waals surface area contributed by atoms with E-state index in [2.05, 4.69) is 4.98 Å². The molecule has 0 radical (unpaired) electrons. The van der Waals surface area contributed by atoms with E-state index in [9.17, 15) is 24.3 Å². The molecule has 11 heteroatoms. The molecule has 3 heterocycles. The summed E-state index contributed by atoms with van der Waals surface area (Å²) in [6.45, 7) is 5.20. The number of aromatic nitrogens is 1. The number of aromatic carboxylic acids is 1. The molecule has 3 N–H and O–H groups in total. The van der Waals surface area contributed by atoms with Crippen molar-refractivity contribution in [3.8, 4) is 39.6 Å². The summed E-state index contributed by atoms with van der Waals surface area (Å²) in [6.07, 6.45) is 2.59. The molecule has 0 unspecified atom stereocenters. The zero-order chi connectivity index (χ0) is 34.0. The first-order valence-corrected chi connectivity index (χ1v) is 15.8. The molecule has 2 amide bonds. The first-order chi connectivity index (χ1) is 23.1. The highest BCUT2D eigenvalue weighted by Gasteiger charge is 2.44. The van der Waals surface area contributed by atoms with Crippen molar-refractivity contribution in [3.63, 3.8) is 0 Å². The molecule has 4 aromatic rings. The molecule has 11 nitrogen and oxygen atoms in total. The second kappa shape index (κ2) is 13.2. The Morgan fingerprint density at radius 2 is 1.48 bits per heavy atom. The van der Waals surface area contributed by atoms with Gasteiger partial charge in [-0.1, -0.05) is 0 Å². The number of amides is 2. The molecule has 1 aromatic heterocycles. The minimum absolute atomic E-state index is 0.0358. The highest BCUT2D eigenvalue weighted by atomic mass is 16.5. The number of nitrogens with two attached hydrogens (primary N) is 1. The van der Waals surface area contributed by atoms with Crippen molar-refractivity contribution < 1.29 is 38.5 Å². The van der Waals surface area contributed by atoms with Crippen molar-refractivity contribution in [1.29, 1.82) is 0 Å². The molecule has 2 aliphatic rings. The van der Waals surface area contributed by atoms with E-state index in [-0.39, 0.29) is 23.7 Å². The van der Waals surface area contributed by atoms with Gasteiger partial charge in [0.25, 0.3) is 5.91 Å². The largest absolute Gasteiger partial charge is 0.493 e. The van der Waals surface area contributed by atoms with Crippen LogP contribution in [-0.2, 0) is 0 Å². The van der Waals surface area contributed by atoms with Gasteiger partial charge in [-0.3, -0.25) is 19.4 Å². The Kier molecular flexibility index (Phi) is 8.86. The lowest BCUT2D eigenvalue weighted by atomic mass is 9.82. The predicted molar refractivity (Wildman–Crippen MR) is 177 cm³/mol. The van der Waals surface area contributed by atoms with Gasteiger partial charge in [0.05, 0.1) is 42.0 Å². The van der Waals surface area contributed by atoms with Crippen molar-refractivity contribution in [3.05, 3.63) is 95.2 Å². The Morgan fingerprint density at radius 3 is 2.06 bits per heavy atom. The zero-order valence-corrected chi connectivity index (χ0v) is 26.7. The molecule has 0 bridgehead atoms. The summed E-state index contributed by atoms with van der Waals surface area (Å²) in [6, 6.07) is 18.5. The van der Waals surface area contributed by atoms with Crippen molar-refractivity contribution in [2.75, 3.05) is 26.3 Å². The monoisotopic (exact) mass is 649 g/mol. The van der Waals surface area contributed by atoms with E-state index in [0.717, 1.165) is 5.56 Å². The molecule has 0 aliphatic carbocycles. The standard InChI is InChI=1S/C37H35N3O8/c1-3-46-32-18-23(5-9-26(32)27-10-6-24(36(44)45)19-33(27)47-4-2)35(43)40-15-13-37(14-16-40)20-30(41)28-17-22(8-12-31(28)48-37)29-11-7-25(21-39-29)34(38)42/h5-12,17-19,21H,3-4,13-16,20H2,1-2H3,(H2,38,42)(H,44,45). The van der Waals surface area contributed by atoms with Crippen molar-refractivity contribution in [2.24, 2.45) is 5.73 Å². The number of rotatable bonds is 9. The van der Waals surface area contributed by atoms with Crippen LogP contribution in [0.2, 0.25) is 0 Å². The van der Waals surface area contributed by atoms with E-state index in [1.165, 1.54) is 18.3 Å². The van der Waals surface area contributed by atoms with Crippen molar-refractivity contribution >= 4 is 23.6 Å². The van der Waals surface area contributed by atoms with Crippen LogP contribution >= 0.6 is 0 Å². The summed E-state index contributed by atoms with van der Waals surface area (Å²) in [5.41, 5.74) is 8.62. The fourth-order valence-corrected chi connectivity index (χ4v) is 6.25. The first kappa shape index (κ1) is 32.2. The summed E-state index contributed by atoms with van der Waals surface area (Å²) in [5, 5.41) is 9.45. The van der Waals surface area contributed by atoms with Crippen LogP contribution in [0.25, 0.3) is 22.4 Å². The molecule has 48 heavy (non-hydrogen) atoms. The quantitative estimate of drug-likeness (QED) is 0.234. The van der Waals surface area contributed by atoms with Gasteiger partial charge in [-0.25, -0.2) is 4.79 Å². The van der Waals surface area contributed by atoms with Gasteiger partial charge in [0.1, 0.15) is 22.8 Å². The number of Topliss-reactive ketones (excluding diaryl/α,β-unsaturated/α-hetero) is 1. The van der Waals surface area contributed by atoms with Crippen LogP contribution in [0.15, 0.2) is 72.9 Å². The van der Waals surface area contributed by atoms with Crippen LogP contribution in [0, 0.1) is 0 Å². The highest BCUT2D eigenvalue weighted by molar-refractivity contribution is 6.02. The summed E-state index contributed by atoms with van der Waals surface area (Å²) in [5.74, 6) is -0.416. The summed E-state index contributed by atoms with van der Waals surface area (Å²) in [7, 11) is 0. The number of benzene rings is 3. The third-order valence-corrected chi connectivity index (χ3v) is 8.74. The lowest BCUT2D eigenvalue weighted by Crippen LogP contribution is -2.52. The smallest absolute Gasteiger partial charge is 0.335 e. The number of fused-ring (bicyclic) bond motifs is 1. The number of piperidine rings is 1. The summed E-state index contributed by atoms with van der Waals surface area (Å²) >= 11 is 0. The Balaban J connectivity index is 1.17. The zero-order valence-electron chi connectivity index (χ0n) is 26.7. The first-order valence-electron chi connectivity index (χ1n) is 15.8. The summed E-state index contributed by atoms with van der Waals surface area (Å²) in [4.78, 5) is 56.1. The third kappa shape index (κ3) is 6.31. The SMILES string of the molecule is CCOc1cc(C(=O)O)ccc1-c1ccc(C(=O)N2CCC3(CC2)CC(=O)c2cc(-c4ccc(C(N)=O)cn4)ccc2O3)cc1OCC. The van der Waals surface area contributed by atoms with Gasteiger partial charge in [-0.15, -0.1) is 0 Å². The van der Waals surface area contributed by atoms with E-state index in [1.54, 1.807) is 53.4 Å². The van der Waals surface area contributed by atoms with E-state index < -0.39 is 17.5 Å². The average Bonchev–Trinajstić information content (AvgIpc) is 3.08. The van der Waals surface area contributed by atoms with Gasteiger partial charge in [0.2, 0.25) is 5.91 Å². The van der Waals surface area contributed by atoms with Gasteiger partial charge in [0, 0.05) is 54.4 Å². The van der Waals surface area contributed by atoms with Crippen molar-refractivity contribution in [1.82, 2.24) is 9.88 Å². The molecule has 1 spiro atoms. The van der Waals surface area contributed by atoms with Gasteiger partial charge in [0.15, 0.2) is 5.78 Å². The fourth-order valence-electron chi connectivity index (χ4n) is 6.25. The second-order valence-corrected chi connectivity index (χ2v) is 11.8. The second-order valence-electron chi connectivity index (χ2n) is 11.8. The predicted octanol–water partition coefficient (Wildman–Crippen LogP) is 5.65. The van der Waals surface area contributed by atoms with Gasteiger partial charge in [-0.2, -0.15) is 0 Å². The molecule has 246 valence electrons. The topological polar surface area (TPSA) is 158 Å². The molecule has 1 saturated heterocycles. The maximum Gasteiger partial charge on any atom is 0.335 e. The number of carboxylic acids is 1. The lowest BCUT2D eigenvalue weighted by molar-refractivity contribution is -0.00573. The number of likely N-dealkylation sites (tertiary alicyclic amines) is 1. The van der Waals surface area contributed by atoms with Crippen LogP contribution < -0.4 is 19.9 Å². The average molecular weight is 650 g/mol. The number of nitrogens with zero attached hydrogens (tertiary/aromatic N) is 2. The molecular weight excluding hydrogens is 614 g/mol. The van der Waals surface area contributed by atoms with E-state index in [0.29, 0.717) is 89.9 Å². The van der Waals surface area contributed by atoms with Crippen LogP contribution in [0.1, 0.15) is 74.5 Å². The number of carbonyl (C=O) groups excluding carboxylic acids is 3. The molecule has 2 aliphatic heterocycles. The number of primary amides is 1. The number of ketones is 1. The number of ether oxygens (including phenoxy) is 3. The molecule has 0 saturated carbocycles. The molecular formula is C37H35N3O8. The van der Waals surface area contributed by atoms with Crippen LogP contribution in [0.5, 0.6) is 17.2 Å². The fraction of sp³-hybridized carbons (Fsp3) is 0.270. The molecule has 1 fully saturated rings. The number of carbonyl (C=O) groups is 4. The van der Waals surface area contributed by atoms with Gasteiger partial charge in [-0.05, 0) is 80.6 Å². The normalized spacial score (nSPS) is 15.0. The Bertz CT molecular complexity index is 1910. The Hall–Kier alpha value is -5.71. The third-order valence-electron chi connectivity index (χ3n) is 8.74. The minimum Gasteiger partial charge on any atom is -0.493 e. The van der Waals surface area contributed by atoms with E-state index >= 15 is 0 Å². The minimum atomic E-state index is -1.05. The molecule has 3 aromatic carbocycles. The Morgan fingerprint density at radius 1 is 0.854 bits per heavy atom. The van der Waals surface area contributed by atoms with Crippen LogP contribution in [-0.4, -0.2) is 70.5 Å². The van der Waals surface area contributed by atoms with E-state index in [4.69, 9.17) is 19.9 Å². The van der Waals surface area contributed by atoms with E-state index in [1.807, 2.05) is 19.9 Å². The number of pyridine rings is 1. The lowest BCUT2D eigenvalue weighted by Gasteiger charge is -2.44. The number of hydrogen-bond acceptors (Lipinski definition) is 8. The van der Waals surface area contributed by atoms with Gasteiger partial charge >= 0.3 is 5.97 Å². The molecule has 0 atom stereocenters. The van der Waals surface area contributed by atoms with Crippen molar-refractivity contribution in [2.45, 2.75) is 38.7 Å². The van der Waals surface area contributed by atoms with Crippen LogP contribution in [0.4, 0.5) is 0 Å². The van der Waals surface area contributed by atoms with Crippen LogP contribution in [0.3, 0.4) is 0 Å². The maximum absolute atomic E-state index is 13.7. The maximum atomic E-state index is 13.7. The molecule has 6 rings (SSSR count). The summed E-state index contributed by atoms with van der Waals surface area (Å²) < 4.78 is 18.2. The Labute approximate surface area is 277 Å². The highest BCUT2D eigenvalue weighted by Crippen LogP contribution is 2.42.